The van der Waals surface area contributed by atoms with Crippen LogP contribution >= 0.6 is 0 Å². The highest BCUT2D eigenvalue weighted by Crippen LogP contribution is 2.35. The molecule has 0 amide bonds. The zero-order chi connectivity index (χ0) is 17.1. The molecule has 0 bridgehead atoms. The van der Waals surface area contributed by atoms with Crippen molar-refractivity contribution < 1.29 is 14.3 Å². The molecule has 0 unspecified atom stereocenters. The highest BCUT2D eigenvalue weighted by atomic mass is 16.5. The monoisotopic (exact) mass is 334 g/mol. The van der Waals surface area contributed by atoms with Crippen LogP contribution in [0.2, 0.25) is 0 Å². The van der Waals surface area contributed by atoms with Gasteiger partial charge >= 0.3 is 5.97 Å². The molecule has 5 nitrogen and oxygen atoms in total. The number of hydrogen-bond donors (Lipinski definition) is 0. The van der Waals surface area contributed by atoms with Crippen LogP contribution in [0.3, 0.4) is 0 Å². The van der Waals surface area contributed by atoms with Crippen LogP contribution in [0.4, 0.5) is 0 Å². The van der Waals surface area contributed by atoms with Gasteiger partial charge in [-0.05, 0) is 49.5 Å². The molecule has 0 N–H and O–H groups in total. The molecule has 1 aliphatic heterocycles. The summed E-state index contributed by atoms with van der Waals surface area (Å²) in [6.45, 7) is 8.22. The maximum absolute atomic E-state index is 12.6. The second kappa shape index (κ2) is 7.68. The van der Waals surface area contributed by atoms with Gasteiger partial charge in [-0.3, -0.25) is 4.68 Å². The SMILES string of the molecule is CC(C)[C@H]1CC[C@H](C)C[C@@H]1OC(=O)c1ccn(C2CCOCC2)n1. The Morgan fingerprint density at radius 2 is 2.04 bits per heavy atom. The maximum atomic E-state index is 12.6. The predicted molar refractivity (Wildman–Crippen MR) is 91.9 cm³/mol. The summed E-state index contributed by atoms with van der Waals surface area (Å²) in [6.07, 6.45) is 7.17. The van der Waals surface area contributed by atoms with Crippen LogP contribution in [0, 0.1) is 17.8 Å². The van der Waals surface area contributed by atoms with Gasteiger partial charge in [-0.15, -0.1) is 0 Å². The lowest BCUT2D eigenvalue weighted by Crippen LogP contribution is -2.36. The highest BCUT2D eigenvalue weighted by Gasteiger charge is 2.34. The zero-order valence-corrected chi connectivity index (χ0v) is 15.1. The number of carbonyl (C=O) groups excluding carboxylic acids is 1. The first-order chi connectivity index (χ1) is 11.5. The van der Waals surface area contributed by atoms with Crippen molar-refractivity contribution in [1.29, 1.82) is 0 Å². The fraction of sp³-hybridized carbons (Fsp3) is 0.789. The van der Waals surface area contributed by atoms with E-state index in [1.54, 1.807) is 6.07 Å². The minimum atomic E-state index is -0.273. The average molecular weight is 334 g/mol. The molecule has 2 fully saturated rings. The van der Waals surface area contributed by atoms with Crippen molar-refractivity contribution in [2.24, 2.45) is 17.8 Å². The van der Waals surface area contributed by atoms with E-state index in [-0.39, 0.29) is 12.1 Å². The lowest BCUT2D eigenvalue weighted by molar-refractivity contribution is -0.0180. The first-order valence-electron chi connectivity index (χ1n) is 9.38. The molecular formula is C19H30N2O3. The molecule has 134 valence electrons. The van der Waals surface area contributed by atoms with Crippen LogP contribution in [0.15, 0.2) is 12.3 Å². The van der Waals surface area contributed by atoms with E-state index in [4.69, 9.17) is 9.47 Å². The van der Waals surface area contributed by atoms with Crippen molar-refractivity contribution >= 4 is 5.97 Å². The molecule has 0 spiro atoms. The molecular weight excluding hydrogens is 304 g/mol. The van der Waals surface area contributed by atoms with Crippen LogP contribution in [0.25, 0.3) is 0 Å². The topological polar surface area (TPSA) is 53.4 Å². The molecule has 3 rings (SSSR count). The van der Waals surface area contributed by atoms with Crippen molar-refractivity contribution in [1.82, 2.24) is 9.78 Å². The van der Waals surface area contributed by atoms with Gasteiger partial charge in [-0.25, -0.2) is 4.79 Å². The summed E-state index contributed by atoms with van der Waals surface area (Å²) in [5.41, 5.74) is 0.433. The van der Waals surface area contributed by atoms with Crippen molar-refractivity contribution in [2.45, 2.75) is 65.0 Å². The van der Waals surface area contributed by atoms with Crippen LogP contribution in [0.1, 0.15) is 69.4 Å². The molecule has 0 aromatic carbocycles. The fourth-order valence-corrected chi connectivity index (χ4v) is 4.05. The Labute approximate surface area is 144 Å². The van der Waals surface area contributed by atoms with Gasteiger partial charge in [-0.2, -0.15) is 5.10 Å². The summed E-state index contributed by atoms with van der Waals surface area (Å²) in [5.74, 6) is 1.35. The zero-order valence-electron chi connectivity index (χ0n) is 15.1. The van der Waals surface area contributed by atoms with Gasteiger partial charge in [-0.1, -0.05) is 27.2 Å². The minimum absolute atomic E-state index is 0.0227. The normalized spacial score (nSPS) is 28.9. The molecule has 0 radical (unpaired) electrons. The first-order valence-corrected chi connectivity index (χ1v) is 9.38. The van der Waals surface area contributed by atoms with E-state index in [1.807, 2.05) is 10.9 Å². The summed E-state index contributed by atoms with van der Waals surface area (Å²) < 4.78 is 13.2. The number of nitrogens with zero attached hydrogens (tertiary/aromatic N) is 2. The Balaban J connectivity index is 1.64. The lowest BCUT2D eigenvalue weighted by Gasteiger charge is -2.36. The van der Waals surface area contributed by atoms with Crippen molar-refractivity contribution in [3.05, 3.63) is 18.0 Å². The Morgan fingerprint density at radius 1 is 1.29 bits per heavy atom. The number of carbonyl (C=O) groups is 1. The number of ether oxygens (including phenoxy) is 2. The van der Waals surface area contributed by atoms with E-state index in [1.165, 1.54) is 6.42 Å². The number of rotatable bonds is 4. The fourth-order valence-electron chi connectivity index (χ4n) is 4.05. The first kappa shape index (κ1) is 17.5. The van der Waals surface area contributed by atoms with Gasteiger partial charge in [0.25, 0.3) is 0 Å². The lowest BCUT2D eigenvalue weighted by atomic mass is 9.75. The standard InChI is InChI=1S/C19H30N2O3/c1-13(2)16-5-4-14(3)12-18(16)24-19(22)17-6-9-21(20-17)15-7-10-23-11-8-15/h6,9,13-16,18H,4-5,7-8,10-12H2,1-3H3/t14-,16+,18-/m0/s1. The molecule has 2 aliphatic rings. The van der Waals surface area contributed by atoms with E-state index in [0.29, 0.717) is 29.5 Å². The molecule has 5 heteroatoms. The van der Waals surface area contributed by atoms with Gasteiger partial charge < -0.3 is 9.47 Å². The van der Waals surface area contributed by atoms with Crippen molar-refractivity contribution in [3.8, 4) is 0 Å². The van der Waals surface area contributed by atoms with Crippen molar-refractivity contribution in [2.75, 3.05) is 13.2 Å². The van der Waals surface area contributed by atoms with Crippen LogP contribution in [-0.4, -0.2) is 35.1 Å². The van der Waals surface area contributed by atoms with Crippen LogP contribution in [0.5, 0.6) is 0 Å². The summed E-state index contributed by atoms with van der Waals surface area (Å²) >= 11 is 0. The van der Waals surface area contributed by atoms with Crippen LogP contribution < -0.4 is 0 Å². The summed E-state index contributed by atoms with van der Waals surface area (Å²) in [5, 5.41) is 4.47. The van der Waals surface area contributed by atoms with Crippen LogP contribution in [-0.2, 0) is 9.47 Å². The largest absolute Gasteiger partial charge is 0.457 e. The predicted octanol–water partition coefficient (Wildman–Crippen LogP) is 3.85. The number of esters is 1. The van der Waals surface area contributed by atoms with Gasteiger partial charge in [0.05, 0.1) is 6.04 Å². The third-order valence-electron chi connectivity index (χ3n) is 5.60. The molecule has 1 aliphatic carbocycles. The van der Waals surface area contributed by atoms with E-state index in [0.717, 1.165) is 38.9 Å². The van der Waals surface area contributed by atoms with E-state index >= 15 is 0 Å². The average Bonchev–Trinajstić information content (AvgIpc) is 3.05. The van der Waals surface area contributed by atoms with Gasteiger partial charge in [0, 0.05) is 19.4 Å². The second-order valence-electron chi connectivity index (χ2n) is 7.79. The van der Waals surface area contributed by atoms with Crippen molar-refractivity contribution in [3.63, 3.8) is 0 Å². The molecule has 24 heavy (non-hydrogen) atoms. The summed E-state index contributed by atoms with van der Waals surface area (Å²) in [7, 11) is 0. The van der Waals surface area contributed by atoms with E-state index < -0.39 is 0 Å². The number of hydrogen-bond acceptors (Lipinski definition) is 4. The Morgan fingerprint density at radius 3 is 2.75 bits per heavy atom. The maximum Gasteiger partial charge on any atom is 0.359 e. The minimum Gasteiger partial charge on any atom is -0.457 e. The second-order valence-corrected chi connectivity index (χ2v) is 7.79. The summed E-state index contributed by atoms with van der Waals surface area (Å²) in [6, 6.07) is 2.12. The molecule has 1 saturated heterocycles. The molecule has 1 saturated carbocycles. The van der Waals surface area contributed by atoms with Gasteiger partial charge in [0.15, 0.2) is 5.69 Å². The quantitative estimate of drug-likeness (QED) is 0.785. The molecule has 2 heterocycles. The third kappa shape index (κ3) is 4.00. The smallest absolute Gasteiger partial charge is 0.359 e. The van der Waals surface area contributed by atoms with Gasteiger partial charge in [0.2, 0.25) is 0 Å². The number of aromatic nitrogens is 2. The Bertz CT molecular complexity index is 549. The van der Waals surface area contributed by atoms with Gasteiger partial charge in [0.1, 0.15) is 6.10 Å². The highest BCUT2D eigenvalue weighted by molar-refractivity contribution is 5.87. The Hall–Kier alpha value is -1.36. The van der Waals surface area contributed by atoms with E-state index in [9.17, 15) is 4.79 Å². The molecule has 3 atom stereocenters. The Kier molecular flexibility index (Phi) is 5.59. The summed E-state index contributed by atoms with van der Waals surface area (Å²) in [4.78, 5) is 12.6. The molecule has 1 aromatic rings. The molecule has 1 aromatic heterocycles. The van der Waals surface area contributed by atoms with E-state index in [2.05, 4.69) is 25.9 Å². The third-order valence-corrected chi connectivity index (χ3v) is 5.60.